The number of ketones is 1. The summed E-state index contributed by atoms with van der Waals surface area (Å²) in [5.74, 6) is 0.466. The number of hydrogen-bond acceptors (Lipinski definition) is 5. The Morgan fingerprint density at radius 2 is 1.78 bits per heavy atom. The molecule has 0 aliphatic carbocycles. The van der Waals surface area contributed by atoms with E-state index in [1.165, 1.54) is 13.0 Å². The highest BCUT2D eigenvalue weighted by Crippen LogP contribution is 2.30. The summed E-state index contributed by atoms with van der Waals surface area (Å²) in [6, 6.07) is 16.9. The number of aryl methyl sites for hydroxylation is 1. The summed E-state index contributed by atoms with van der Waals surface area (Å²) in [4.78, 5) is 20.5. The van der Waals surface area contributed by atoms with Crippen LogP contribution in [0, 0.1) is 24.1 Å². The van der Waals surface area contributed by atoms with Crippen molar-refractivity contribution in [3.63, 3.8) is 0 Å². The molecule has 0 radical (unpaired) electrons. The van der Waals surface area contributed by atoms with Crippen LogP contribution in [0.15, 0.2) is 48.5 Å². The SMILES string of the molecule is CC(=O)c1ccc(N2CCN(c3cc(C)c(C#N)c4nc5ccccc5n34)CC2)c(F)c1. The Morgan fingerprint density at radius 1 is 1.06 bits per heavy atom. The van der Waals surface area contributed by atoms with Gasteiger partial charge in [-0.1, -0.05) is 12.1 Å². The van der Waals surface area contributed by atoms with Crippen molar-refractivity contribution in [2.45, 2.75) is 13.8 Å². The normalized spacial score (nSPS) is 14.2. The van der Waals surface area contributed by atoms with Crippen LogP contribution >= 0.6 is 0 Å². The zero-order chi connectivity index (χ0) is 22.4. The number of anilines is 2. The van der Waals surface area contributed by atoms with Crippen LogP contribution in [-0.4, -0.2) is 41.3 Å². The van der Waals surface area contributed by atoms with Gasteiger partial charge in [0, 0.05) is 31.7 Å². The van der Waals surface area contributed by atoms with E-state index in [1.807, 2.05) is 42.2 Å². The molecule has 0 bridgehead atoms. The molecule has 0 unspecified atom stereocenters. The maximum absolute atomic E-state index is 14.6. The minimum atomic E-state index is -0.372. The van der Waals surface area contributed by atoms with E-state index in [1.54, 1.807) is 12.1 Å². The fraction of sp³-hybridized carbons (Fsp3) is 0.240. The number of imidazole rings is 1. The van der Waals surface area contributed by atoms with Gasteiger partial charge in [0.25, 0.3) is 0 Å². The first-order valence-corrected chi connectivity index (χ1v) is 10.6. The van der Waals surface area contributed by atoms with Crippen molar-refractivity contribution in [1.29, 1.82) is 5.26 Å². The lowest BCUT2D eigenvalue weighted by Gasteiger charge is -2.37. The third-order valence-corrected chi connectivity index (χ3v) is 6.16. The van der Waals surface area contributed by atoms with E-state index in [9.17, 15) is 14.4 Å². The van der Waals surface area contributed by atoms with Crippen LogP contribution in [0.1, 0.15) is 28.4 Å². The number of rotatable bonds is 3. The number of hydrogen-bond donors (Lipinski definition) is 0. The van der Waals surface area contributed by atoms with Crippen molar-refractivity contribution < 1.29 is 9.18 Å². The standard InChI is InChI=1S/C25H22FN5O/c1-16-13-24(31-23-6-4-3-5-21(23)28-25(31)19(16)15-27)30-11-9-29(10-12-30)22-8-7-18(17(2)32)14-20(22)26/h3-8,13-14H,9-12H2,1-2H3. The summed E-state index contributed by atoms with van der Waals surface area (Å²) in [7, 11) is 0. The van der Waals surface area contributed by atoms with Crippen LogP contribution in [0.2, 0.25) is 0 Å². The van der Waals surface area contributed by atoms with Gasteiger partial charge in [0.05, 0.1) is 22.3 Å². The lowest BCUT2D eigenvalue weighted by atomic mass is 10.1. The van der Waals surface area contributed by atoms with Gasteiger partial charge in [-0.25, -0.2) is 9.37 Å². The maximum Gasteiger partial charge on any atom is 0.159 e. The molecule has 1 fully saturated rings. The molecule has 0 amide bonds. The molecule has 1 aliphatic heterocycles. The fourth-order valence-electron chi connectivity index (χ4n) is 4.46. The number of benzene rings is 2. The Hall–Kier alpha value is -3.92. The zero-order valence-electron chi connectivity index (χ0n) is 18.0. The molecule has 0 N–H and O–H groups in total. The van der Waals surface area contributed by atoms with E-state index in [0.29, 0.717) is 48.6 Å². The molecular formula is C25H22FN5O. The van der Waals surface area contributed by atoms with Gasteiger partial charge in [-0.3, -0.25) is 9.20 Å². The maximum atomic E-state index is 14.6. The average Bonchev–Trinajstić information content (AvgIpc) is 3.18. The minimum absolute atomic E-state index is 0.145. The number of carbonyl (C=O) groups excluding carboxylic acids is 1. The molecule has 1 saturated heterocycles. The van der Waals surface area contributed by atoms with Crippen LogP contribution in [0.4, 0.5) is 15.9 Å². The highest BCUT2D eigenvalue weighted by atomic mass is 19.1. The van der Waals surface area contributed by atoms with Gasteiger partial charge < -0.3 is 9.80 Å². The quantitative estimate of drug-likeness (QED) is 0.455. The topological polar surface area (TPSA) is 64.6 Å². The van der Waals surface area contributed by atoms with Crippen molar-refractivity contribution in [2.75, 3.05) is 36.0 Å². The highest BCUT2D eigenvalue weighted by molar-refractivity contribution is 5.94. The molecule has 0 spiro atoms. The van der Waals surface area contributed by atoms with E-state index >= 15 is 0 Å². The predicted octanol–water partition coefficient (Wildman–Crippen LogP) is 4.34. The van der Waals surface area contributed by atoms with E-state index in [0.717, 1.165) is 22.4 Å². The molecule has 3 heterocycles. The van der Waals surface area contributed by atoms with Gasteiger partial charge in [0.2, 0.25) is 0 Å². The first-order valence-electron chi connectivity index (χ1n) is 10.6. The van der Waals surface area contributed by atoms with Crippen LogP contribution < -0.4 is 9.80 Å². The van der Waals surface area contributed by atoms with Crippen molar-refractivity contribution in [2.24, 2.45) is 0 Å². The number of pyridine rings is 1. The molecule has 0 saturated carbocycles. The number of para-hydroxylation sites is 2. The molecule has 160 valence electrons. The van der Waals surface area contributed by atoms with Gasteiger partial charge in [0.1, 0.15) is 17.7 Å². The summed E-state index contributed by atoms with van der Waals surface area (Å²) >= 11 is 0. The Labute approximate surface area is 185 Å². The van der Waals surface area contributed by atoms with Gasteiger partial charge in [-0.15, -0.1) is 0 Å². The Bertz CT molecular complexity index is 1410. The largest absolute Gasteiger partial charge is 0.366 e. The molecule has 6 nitrogen and oxygen atoms in total. The Morgan fingerprint density at radius 3 is 2.47 bits per heavy atom. The minimum Gasteiger partial charge on any atom is -0.366 e. The van der Waals surface area contributed by atoms with Gasteiger partial charge >= 0.3 is 0 Å². The van der Waals surface area contributed by atoms with Crippen LogP contribution in [0.25, 0.3) is 16.7 Å². The summed E-state index contributed by atoms with van der Waals surface area (Å²) in [6.45, 7) is 6.05. The molecule has 32 heavy (non-hydrogen) atoms. The molecule has 4 aromatic rings. The number of nitrogens with zero attached hydrogens (tertiary/aromatic N) is 5. The van der Waals surface area contributed by atoms with Crippen molar-refractivity contribution in [3.8, 4) is 6.07 Å². The summed E-state index contributed by atoms with van der Waals surface area (Å²) < 4.78 is 16.7. The number of nitriles is 1. The second-order valence-corrected chi connectivity index (χ2v) is 8.13. The molecule has 7 heteroatoms. The summed E-state index contributed by atoms with van der Waals surface area (Å²) in [5.41, 5.74) is 4.84. The predicted molar refractivity (Wildman–Crippen MR) is 123 cm³/mol. The van der Waals surface area contributed by atoms with E-state index in [4.69, 9.17) is 4.98 Å². The van der Waals surface area contributed by atoms with Gasteiger partial charge in [0.15, 0.2) is 11.4 Å². The fourth-order valence-corrected chi connectivity index (χ4v) is 4.46. The number of piperazine rings is 1. The highest BCUT2D eigenvalue weighted by Gasteiger charge is 2.24. The van der Waals surface area contributed by atoms with Crippen molar-refractivity contribution >= 4 is 34.0 Å². The van der Waals surface area contributed by atoms with E-state index in [2.05, 4.69) is 15.4 Å². The third kappa shape index (κ3) is 3.16. The monoisotopic (exact) mass is 427 g/mol. The second kappa shape index (κ2) is 7.65. The summed E-state index contributed by atoms with van der Waals surface area (Å²) in [5, 5.41) is 9.70. The lowest BCUT2D eigenvalue weighted by Crippen LogP contribution is -2.47. The lowest BCUT2D eigenvalue weighted by molar-refractivity contribution is 0.101. The van der Waals surface area contributed by atoms with Crippen molar-refractivity contribution in [1.82, 2.24) is 9.38 Å². The second-order valence-electron chi connectivity index (χ2n) is 8.13. The number of carbonyl (C=O) groups is 1. The number of fused-ring (bicyclic) bond motifs is 3. The molecule has 5 rings (SSSR count). The molecule has 0 atom stereocenters. The molecule has 2 aromatic carbocycles. The van der Waals surface area contributed by atoms with E-state index in [-0.39, 0.29) is 11.6 Å². The van der Waals surface area contributed by atoms with E-state index < -0.39 is 0 Å². The molecule has 1 aliphatic rings. The average molecular weight is 427 g/mol. The zero-order valence-corrected chi connectivity index (χ0v) is 18.0. The van der Waals surface area contributed by atoms with Crippen LogP contribution in [0.5, 0.6) is 0 Å². The van der Waals surface area contributed by atoms with Gasteiger partial charge in [-0.05, 0) is 55.8 Å². The summed E-state index contributed by atoms with van der Waals surface area (Å²) in [6.07, 6.45) is 0. The number of aromatic nitrogens is 2. The van der Waals surface area contributed by atoms with Crippen molar-refractivity contribution in [3.05, 3.63) is 71.0 Å². The van der Waals surface area contributed by atoms with Crippen LogP contribution in [-0.2, 0) is 0 Å². The van der Waals surface area contributed by atoms with Crippen LogP contribution in [0.3, 0.4) is 0 Å². The first-order chi connectivity index (χ1) is 15.5. The first kappa shape index (κ1) is 20.0. The smallest absolute Gasteiger partial charge is 0.159 e. The number of Topliss-reactive ketones (excluding diaryl/α,β-unsaturated/α-hetero) is 1. The molecule has 2 aromatic heterocycles. The third-order valence-electron chi connectivity index (χ3n) is 6.16. The molecular weight excluding hydrogens is 405 g/mol. The van der Waals surface area contributed by atoms with Gasteiger partial charge in [-0.2, -0.15) is 5.26 Å². The number of halogens is 1. The Balaban J connectivity index is 1.49. The Kier molecular flexibility index (Phi) is 4.78.